The Kier molecular flexibility index (Phi) is 9.54. The van der Waals surface area contributed by atoms with Gasteiger partial charge in [-0.15, -0.1) is 0 Å². The highest BCUT2D eigenvalue weighted by Gasteiger charge is 2.43. The third-order valence-corrected chi connectivity index (χ3v) is 6.84. The van der Waals surface area contributed by atoms with Gasteiger partial charge in [-0.3, -0.25) is 9.59 Å². The Balaban J connectivity index is 2.10. The van der Waals surface area contributed by atoms with E-state index in [1.807, 2.05) is 52.8 Å². The first-order chi connectivity index (χ1) is 18.5. The summed E-state index contributed by atoms with van der Waals surface area (Å²) in [7, 11) is 0. The Hall–Kier alpha value is -3.55. The lowest BCUT2D eigenvalue weighted by Gasteiger charge is -2.44. The molecule has 1 aliphatic rings. The number of aryl methyl sites for hydroxylation is 2. The molecule has 3 rings (SSSR count). The van der Waals surface area contributed by atoms with Crippen molar-refractivity contribution in [1.29, 1.82) is 0 Å². The number of carbonyl (C=O) groups is 3. The van der Waals surface area contributed by atoms with Gasteiger partial charge >= 0.3 is 6.09 Å². The van der Waals surface area contributed by atoms with Crippen molar-refractivity contribution in [3.8, 4) is 5.75 Å². The summed E-state index contributed by atoms with van der Waals surface area (Å²) in [4.78, 5) is 43.2. The molecule has 2 aromatic rings. The molecule has 1 fully saturated rings. The highest BCUT2D eigenvalue weighted by Crippen LogP contribution is 2.36. The number of rotatable bonds is 8. The van der Waals surface area contributed by atoms with Crippen LogP contribution in [0.5, 0.6) is 5.75 Å². The van der Waals surface area contributed by atoms with E-state index in [4.69, 9.17) is 4.74 Å². The van der Waals surface area contributed by atoms with Crippen molar-refractivity contribution in [2.45, 2.75) is 110 Å². The number of nitrogens with zero attached hydrogens (tertiary/aromatic N) is 1. The largest absolute Gasteiger partial charge is 0.508 e. The molecule has 0 heterocycles. The van der Waals surface area contributed by atoms with Crippen LogP contribution in [0, 0.1) is 13.8 Å². The van der Waals surface area contributed by atoms with Crippen molar-refractivity contribution in [2.24, 2.45) is 0 Å². The summed E-state index contributed by atoms with van der Waals surface area (Å²) in [6, 6.07) is 10.4. The van der Waals surface area contributed by atoms with Crippen molar-refractivity contribution in [3.63, 3.8) is 0 Å². The molecule has 2 aromatic carbocycles. The molecule has 1 saturated carbocycles. The smallest absolute Gasteiger partial charge is 0.408 e. The average molecular weight is 552 g/mol. The minimum absolute atomic E-state index is 0.108. The fourth-order valence-corrected chi connectivity index (χ4v) is 4.79. The van der Waals surface area contributed by atoms with Gasteiger partial charge in [-0.05, 0) is 103 Å². The van der Waals surface area contributed by atoms with Gasteiger partial charge in [0.05, 0.1) is 0 Å². The zero-order valence-corrected chi connectivity index (χ0v) is 25.1. The maximum absolute atomic E-state index is 14.6. The van der Waals surface area contributed by atoms with Crippen molar-refractivity contribution in [1.82, 2.24) is 15.5 Å². The first-order valence-corrected chi connectivity index (χ1v) is 14.0. The quantitative estimate of drug-likeness (QED) is 0.403. The fourth-order valence-electron chi connectivity index (χ4n) is 4.79. The Morgan fingerprint density at radius 2 is 1.62 bits per heavy atom. The van der Waals surface area contributed by atoms with E-state index in [2.05, 4.69) is 10.6 Å². The van der Waals surface area contributed by atoms with Crippen molar-refractivity contribution >= 4 is 17.9 Å². The van der Waals surface area contributed by atoms with Crippen LogP contribution in [0.15, 0.2) is 42.5 Å². The minimum Gasteiger partial charge on any atom is -0.508 e. The van der Waals surface area contributed by atoms with Gasteiger partial charge in [-0.25, -0.2) is 4.79 Å². The maximum atomic E-state index is 14.6. The number of benzene rings is 2. The number of hydrogen-bond acceptors (Lipinski definition) is 5. The first-order valence-electron chi connectivity index (χ1n) is 14.0. The Morgan fingerprint density at radius 3 is 2.15 bits per heavy atom. The molecule has 2 unspecified atom stereocenters. The second kappa shape index (κ2) is 12.3. The second-order valence-electron chi connectivity index (χ2n) is 12.9. The highest BCUT2D eigenvalue weighted by molar-refractivity contribution is 5.93. The zero-order valence-electron chi connectivity index (χ0n) is 25.1. The van der Waals surface area contributed by atoms with Crippen molar-refractivity contribution in [2.75, 3.05) is 0 Å². The SMILES string of the molecule is Cc1ccc(C)c(C(C(=O)NC(C)(C)C)N(C(=O)C(Cc2ccc(O)cc2)NC(=O)OC(C)(C)C)C2CCC2)c1. The zero-order chi connectivity index (χ0) is 29.8. The van der Waals surface area contributed by atoms with Gasteiger partial charge in [0.25, 0.3) is 0 Å². The number of phenolic OH excluding ortho intramolecular Hbond substituents is 1. The lowest BCUT2D eigenvalue weighted by Crippen LogP contribution is -2.59. The molecule has 0 radical (unpaired) electrons. The summed E-state index contributed by atoms with van der Waals surface area (Å²) in [5, 5.41) is 15.7. The lowest BCUT2D eigenvalue weighted by atomic mass is 9.86. The number of aromatic hydroxyl groups is 1. The van der Waals surface area contributed by atoms with Gasteiger partial charge in [-0.1, -0.05) is 35.9 Å². The molecule has 2 atom stereocenters. The van der Waals surface area contributed by atoms with Gasteiger partial charge in [0.2, 0.25) is 11.8 Å². The van der Waals surface area contributed by atoms with E-state index in [-0.39, 0.29) is 30.0 Å². The average Bonchev–Trinajstić information content (AvgIpc) is 2.77. The predicted molar refractivity (Wildman–Crippen MR) is 156 cm³/mol. The van der Waals surface area contributed by atoms with Crippen molar-refractivity contribution < 1.29 is 24.2 Å². The summed E-state index contributed by atoms with van der Waals surface area (Å²) in [5.74, 6) is -0.502. The maximum Gasteiger partial charge on any atom is 0.408 e. The molecule has 3 N–H and O–H groups in total. The Morgan fingerprint density at radius 1 is 1.00 bits per heavy atom. The number of alkyl carbamates (subject to hydrolysis) is 1. The van der Waals surface area contributed by atoms with Crippen LogP contribution in [0.1, 0.15) is 89.1 Å². The number of phenols is 1. The topological polar surface area (TPSA) is 108 Å². The molecule has 8 heteroatoms. The van der Waals surface area contributed by atoms with E-state index in [0.29, 0.717) is 0 Å². The molecule has 0 saturated heterocycles. The molecule has 8 nitrogen and oxygen atoms in total. The Bertz CT molecular complexity index is 1210. The van der Waals surface area contributed by atoms with Gasteiger partial charge in [0, 0.05) is 18.0 Å². The normalized spacial score (nSPS) is 15.4. The molecule has 0 aromatic heterocycles. The highest BCUT2D eigenvalue weighted by atomic mass is 16.6. The predicted octanol–water partition coefficient (Wildman–Crippen LogP) is 5.48. The van der Waals surface area contributed by atoms with Crippen molar-refractivity contribution in [3.05, 3.63) is 64.7 Å². The van der Waals surface area contributed by atoms with Gasteiger partial charge < -0.3 is 25.4 Å². The lowest BCUT2D eigenvalue weighted by molar-refractivity contribution is -0.148. The minimum atomic E-state index is -0.991. The number of hydrogen-bond donors (Lipinski definition) is 3. The van der Waals surface area contributed by atoms with E-state index in [0.717, 1.165) is 41.5 Å². The molecule has 0 bridgehead atoms. The first kappa shape index (κ1) is 31.0. The molecular weight excluding hydrogens is 506 g/mol. The number of ether oxygens (including phenoxy) is 1. The van der Waals surface area contributed by atoms with Gasteiger partial charge in [-0.2, -0.15) is 0 Å². The monoisotopic (exact) mass is 551 g/mol. The molecule has 1 aliphatic carbocycles. The van der Waals surface area contributed by atoms with E-state index < -0.39 is 29.3 Å². The van der Waals surface area contributed by atoms with E-state index in [9.17, 15) is 19.5 Å². The number of carbonyl (C=O) groups excluding carboxylic acids is 3. The summed E-state index contributed by atoms with van der Waals surface area (Å²) in [6.07, 6.45) is 1.96. The van der Waals surface area contributed by atoms with Gasteiger partial charge in [0.1, 0.15) is 23.4 Å². The second-order valence-corrected chi connectivity index (χ2v) is 12.9. The van der Waals surface area contributed by atoms with Crippen LogP contribution < -0.4 is 10.6 Å². The van der Waals surface area contributed by atoms with Crippen LogP contribution in [0.25, 0.3) is 0 Å². The summed E-state index contributed by atoms with van der Waals surface area (Å²) < 4.78 is 5.51. The van der Waals surface area contributed by atoms with Crippen LogP contribution in [-0.2, 0) is 20.7 Å². The van der Waals surface area contributed by atoms with E-state index >= 15 is 0 Å². The summed E-state index contributed by atoms with van der Waals surface area (Å²) >= 11 is 0. The van der Waals surface area contributed by atoms with E-state index in [1.54, 1.807) is 49.9 Å². The summed E-state index contributed by atoms with van der Waals surface area (Å²) in [6.45, 7) is 14.9. The molecule has 40 heavy (non-hydrogen) atoms. The van der Waals surface area contributed by atoms with Crippen LogP contribution in [-0.4, -0.2) is 51.1 Å². The van der Waals surface area contributed by atoms with Crippen LogP contribution >= 0.6 is 0 Å². The fraction of sp³-hybridized carbons (Fsp3) is 0.531. The molecular formula is C32H45N3O5. The summed E-state index contributed by atoms with van der Waals surface area (Å²) in [5.41, 5.74) is 2.15. The Labute approximate surface area is 238 Å². The molecule has 0 spiro atoms. The van der Waals surface area contributed by atoms with Crippen LogP contribution in [0.3, 0.4) is 0 Å². The molecule has 3 amide bonds. The third-order valence-electron chi connectivity index (χ3n) is 6.84. The van der Waals surface area contributed by atoms with Crippen LogP contribution in [0.2, 0.25) is 0 Å². The molecule has 218 valence electrons. The van der Waals surface area contributed by atoms with Gasteiger partial charge in [0.15, 0.2) is 0 Å². The number of nitrogens with one attached hydrogen (secondary N) is 2. The molecule has 0 aliphatic heterocycles. The third kappa shape index (κ3) is 8.47. The van der Waals surface area contributed by atoms with Crippen LogP contribution in [0.4, 0.5) is 4.79 Å². The number of amides is 3. The van der Waals surface area contributed by atoms with E-state index in [1.165, 1.54) is 0 Å². The standard InChI is InChI=1S/C32H45N3O5/c1-20-12-13-21(2)25(18-20)27(28(37)34-31(3,4)5)35(23-10-9-11-23)29(38)26(33-30(39)40-32(6,7)8)19-22-14-16-24(36)17-15-22/h12-18,23,26-27,36H,9-11,19H2,1-8H3,(H,33,39)(H,34,37).